The van der Waals surface area contributed by atoms with Crippen molar-refractivity contribution >= 4 is 17.3 Å². The number of carbonyl (C=O) groups is 1. The third-order valence-corrected chi connectivity index (χ3v) is 3.31. The maximum Gasteiger partial charge on any atom is 0.338 e. The molecule has 0 aromatic heterocycles. The average Bonchev–Trinajstić information content (AvgIpc) is 2.45. The monoisotopic (exact) mass is 310 g/mol. The number of anilines is 1. The van der Waals surface area contributed by atoms with Crippen LogP contribution in [0.1, 0.15) is 55.8 Å². The van der Waals surface area contributed by atoms with Gasteiger partial charge in [-0.05, 0) is 6.42 Å². The number of unbranched alkanes of at least 4 members (excludes halogenated alkanes) is 5. The summed E-state index contributed by atoms with van der Waals surface area (Å²) < 4.78 is 5.41. The van der Waals surface area contributed by atoms with Crippen molar-refractivity contribution in [2.75, 3.05) is 12.3 Å². The van der Waals surface area contributed by atoms with Gasteiger partial charge in [-0.25, -0.2) is 4.79 Å². The molecule has 7 heteroatoms. The Kier molecular flexibility index (Phi) is 7.15. The Balaban J connectivity index is 2.64. The van der Waals surface area contributed by atoms with E-state index < -0.39 is 10.9 Å². The fraction of sp³-hybridized carbons (Fsp3) is 0.533. The molecule has 0 amide bonds. The highest BCUT2D eigenvalue weighted by atomic mass is 16.6. The normalized spacial score (nSPS) is 10.4. The zero-order valence-corrected chi connectivity index (χ0v) is 12.7. The maximum absolute atomic E-state index is 11.0. The van der Waals surface area contributed by atoms with Gasteiger partial charge in [-0.2, -0.15) is 0 Å². The largest absolute Gasteiger partial charge is 0.487 e. The second kappa shape index (κ2) is 8.86. The lowest BCUT2D eigenvalue weighted by Gasteiger charge is -2.09. The van der Waals surface area contributed by atoms with E-state index in [1.807, 2.05) is 0 Å². The zero-order valence-electron chi connectivity index (χ0n) is 12.7. The fourth-order valence-corrected chi connectivity index (χ4v) is 2.09. The summed E-state index contributed by atoms with van der Waals surface area (Å²) in [7, 11) is 0. The van der Waals surface area contributed by atoms with Crippen LogP contribution in [0.3, 0.4) is 0 Å². The van der Waals surface area contributed by atoms with Crippen LogP contribution >= 0.6 is 0 Å². The molecule has 3 N–H and O–H groups in total. The highest BCUT2D eigenvalue weighted by molar-refractivity contribution is 5.95. The second-order valence-electron chi connectivity index (χ2n) is 5.09. The number of nitrogens with zero attached hydrogens (tertiary/aromatic N) is 1. The highest BCUT2D eigenvalue weighted by Gasteiger charge is 2.21. The Morgan fingerprint density at radius 1 is 1.27 bits per heavy atom. The molecule has 0 aliphatic carbocycles. The van der Waals surface area contributed by atoms with E-state index in [9.17, 15) is 14.9 Å². The van der Waals surface area contributed by atoms with E-state index >= 15 is 0 Å². The minimum Gasteiger partial charge on any atom is -0.487 e. The van der Waals surface area contributed by atoms with Crippen LogP contribution in [0, 0.1) is 10.1 Å². The first kappa shape index (κ1) is 17.7. The predicted octanol–water partition coefficient (Wildman–Crippen LogP) is 3.61. The van der Waals surface area contributed by atoms with Gasteiger partial charge in [0.1, 0.15) is 0 Å². The van der Waals surface area contributed by atoms with E-state index in [-0.39, 0.29) is 22.7 Å². The molecule has 0 aliphatic rings. The Bertz CT molecular complexity index is 531. The lowest BCUT2D eigenvalue weighted by atomic mass is 10.1. The number of benzene rings is 1. The molecule has 0 unspecified atom stereocenters. The van der Waals surface area contributed by atoms with Gasteiger partial charge in [0.2, 0.25) is 0 Å². The zero-order chi connectivity index (χ0) is 16.5. The number of carboxylic acid groups (broad SMARTS) is 1. The van der Waals surface area contributed by atoms with Gasteiger partial charge in [-0.1, -0.05) is 39.0 Å². The highest BCUT2D eigenvalue weighted by Crippen LogP contribution is 2.32. The van der Waals surface area contributed by atoms with Crippen molar-refractivity contribution in [2.45, 2.75) is 45.4 Å². The Labute approximate surface area is 129 Å². The molecular weight excluding hydrogens is 288 g/mol. The number of aromatic carboxylic acids is 1. The average molecular weight is 310 g/mol. The molecule has 1 rings (SSSR count). The molecule has 0 radical (unpaired) electrons. The van der Waals surface area contributed by atoms with Crippen molar-refractivity contribution in [1.82, 2.24) is 0 Å². The Hall–Kier alpha value is -2.31. The lowest BCUT2D eigenvalue weighted by molar-refractivity contribution is -0.385. The van der Waals surface area contributed by atoms with E-state index in [0.29, 0.717) is 6.61 Å². The van der Waals surface area contributed by atoms with Crippen molar-refractivity contribution in [1.29, 1.82) is 0 Å². The maximum atomic E-state index is 11.0. The van der Waals surface area contributed by atoms with E-state index in [4.69, 9.17) is 15.6 Å². The number of nitro groups is 1. The lowest BCUT2D eigenvalue weighted by Crippen LogP contribution is -2.07. The summed E-state index contributed by atoms with van der Waals surface area (Å²) in [6.07, 6.45) is 6.46. The van der Waals surface area contributed by atoms with Crippen molar-refractivity contribution < 1.29 is 19.6 Å². The molecule has 0 aliphatic heterocycles. The van der Waals surface area contributed by atoms with Crippen LogP contribution in [-0.4, -0.2) is 22.6 Å². The summed E-state index contributed by atoms with van der Waals surface area (Å²) in [5.41, 5.74) is 4.88. The molecule has 0 fully saturated rings. The summed E-state index contributed by atoms with van der Waals surface area (Å²) in [4.78, 5) is 21.3. The number of rotatable bonds is 10. The molecule has 0 atom stereocenters. The van der Waals surface area contributed by atoms with Gasteiger partial charge in [-0.3, -0.25) is 10.1 Å². The van der Waals surface area contributed by atoms with Crippen LogP contribution in [0.5, 0.6) is 5.75 Å². The van der Waals surface area contributed by atoms with Crippen LogP contribution < -0.4 is 10.5 Å². The van der Waals surface area contributed by atoms with Gasteiger partial charge in [0.25, 0.3) is 0 Å². The number of ether oxygens (including phenoxy) is 1. The molecule has 1 aromatic carbocycles. The van der Waals surface area contributed by atoms with Gasteiger partial charge in [0, 0.05) is 12.1 Å². The predicted molar refractivity (Wildman–Crippen MR) is 83.3 cm³/mol. The van der Waals surface area contributed by atoms with Gasteiger partial charge in [-0.15, -0.1) is 0 Å². The van der Waals surface area contributed by atoms with Crippen LogP contribution in [-0.2, 0) is 0 Å². The Morgan fingerprint density at radius 3 is 2.50 bits per heavy atom. The van der Waals surface area contributed by atoms with Crippen LogP contribution in [0.25, 0.3) is 0 Å². The second-order valence-corrected chi connectivity index (χ2v) is 5.09. The van der Waals surface area contributed by atoms with Crippen molar-refractivity contribution in [2.24, 2.45) is 0 Å². The smallest absolute Gasteiger partial charge is 0.338 e. The minimum absolute atomic E-state index is 0.0149. The third kappa shape index (κ3) is 5.23. The number of hydrogen-bond acceptors (Lipinski definition) is 5. The summed E-state index contributed by atoms with van der Waals surface area (Å²) in [6, 6.07) is 2.15. The van der Waals surface area contributed by atoms with E-state index in [2.05, 4.69) is 6.92 Å². The van der Waals surface area contributed by atoms with E-state index in [1.54, 1.807) is 0 Å². The number of hydrogen-bond donors (Lipinski definition) is 2. The fourth-order valence-electron chi connectivity index (χ4n) is 2.09. The standard InChI is InChI=1S/C15H22N2O5/c1-2-3-4-5-6-7-8-22-14-10-12(16)11(15(18)19)9-13(14)17(20)21/h9-10H,2-8,16H2,1H3,(H,18,19). The van der Waals surface area contributed by atoms with Gasteiger partial charge in [0.05, 0.1) is 22.8 Å². The van der Waals surface area contributed by atoms with Gasteiger partial charge >= 0.3 is 11.7 Å². The van der Waals surface area contributed by atoms with Gasteiger partial charge in [0.15, 0.2) is 5.75 Å². The quantitative estimate of drug-likeness (QED) is 0.295. The first-order chi connectivity index (χ1) is 10.5. The van der Waals surface area contributed by atoms with E-state index in [1.165, 1.54) is 25.3 Å². The molecule has 22 heavy (non-hydrogen) atoms. The molecule has 122 valence electrons. The summed E-state index contributed by atoms with van der Waals surface area (Å²) in [5.74, 6) is -1.29. The summed E-state index contributed by atoms with van der Waals surface area (Å²) in [5, 5.41) is 19.9. The number of nitrogen functional groups attached to an aromatic ring is 1. The molecule has 0 heterocycles. The van der Waals surface area contributed by atoms with Crippen LogP contribution in [0.4, 0.5) is 11.4 Å². The van der Waals surface area contributed by atoms with Crippen molar-refractivity contribution in [3.63, 3.8) is 0 Å². The third-order valence-electron chi connectivity index (χ3n) is 3.31. The summed E-state index contributed by atoms with van der Waals surface area (Å²) >= 11 is 0. The molecular formula is C15H22N2O5. The number of nitro benzene ring substituents is 1. The number of carboxylic acids is 1. The topological polar surface area (TPSA) is 116 Å². The van der Waals surface area contributed by atoms with Crippen molar-refractivity contribution in [3.8, 4) is 5.75 Å². The first-order valence-corrected chi connectivity index (χ1v) is 7.41. The van der Waals surface area contributed by atoms with E-state index in [0.717, 1.165) is 25.3 Å². The van der Waals surface area contributed by atoms with Crippen molar-refractivity contribution in [3.05, 3.63) is 27.8 Å². The van der Waals surface area contributed by atoms with Crippen LogP contribution in [0.2, 0.25) is 0 Å². The SMILES string of the molecule is CCCCCCCCOc1cc(N)c(C(=O)O)cc1[N+](=O)[O-]. The molecule has 0 bridgehead atoms. The Morgan fingerprint density at radius 2 is 1.91 bits per heavy atom. The molecule has 0 spiro atoms. The molecule has 7 nitrogen and oxygen atoms in total. The molecule has 0 saturated carbocycles. The first-order valence-electron chi connectivity index (χ1n) is 7.41. The molecule has 1 aromatic rings. The summed E-state index contributed by atoms with van der Waals surface area (Å²) in [6.45, 7) is 2.49. The van der Waals surface area contributed by atoms with Gasteiger partial charge < -0.3 is 15.6 Å². The minimum atomic E-state index is -1.30. The number of nitrogens with two attached hydrogens (primary N) is 1. The van der Waals surface area contributed by atoms with Crippen LogP contribution in [0.15, 0.2) is 12.1 Å². The molecule has 0 saturated heterocycles.